The molecule has 6 nitrogen and oxygen atoms in total. The molecule has 1 atom stereocenters. The molecule has 0 aromatic heterocycles. The van der Waals surface area contributed by atoms with Gasteiger partial charge < -0.3 is 19.7 Å². The molecule has 1 aliphatic heterocycles. The number of benzene rings is 2. The lowest BCUT2D eigenvalue weighted by atomic mass is 10.1. The van der Waals surface area contributed by atoms with Crippen molar-refractivity contribution < 1.29 is 19.1 Å². The zero-order valence-electron chi connectivity index (χ0n) is 19.1. The number of rotatable bonds is 7. The summed E-state index contributed by atoms with van der Waals surface area (Å²) in [6.07, 6.45) is 0.846. The van der Waals surface area contributed by atoms with E-state index in [1.807, 2.05) is 63.2 Å². The second kappa shape index (κ2) is 10.4. The number of carbonyl (C=O) groups is 2. The maximum Gasteiger partial charge on any atom is 0.242 e. The van der Waals surface area contributed by atoms with Crippen LogP contribution in [-0.4, -0.2) is 41.5 Å². The number of ether oxygens (including phenoxy) is 2. The van der Waals surface area contributed by atoms with Gasteiger partial charge in [0.1, 0.15) is 19.3 Å². The second-order valence-electron chi connectivity index (χ2n) is 9.04. The van der Waals surface area contributed by atoms with Crippen LogP contribution in [0.15, 0.2) is 46.9 Å². The molecule has 32 heavy (non-hydrogen) atoms. The van der Waals surface area contributed by atoms with E-state index in [4.69, 9.17) is 9.47 Å². The summed E-state index contributed by atoms with van der Waals surface area (Å²) in [6.45, 7) is 9.00. The lowest BCUT2D eigenvalue weighted by Gasteiger charge is -2.31. The minimum absolute atomic E-state index is 0.0728. The second-order valence-corrected chi connectivity index (χ2v) is 9.96. The molecule has 7 heteroatoms. The van der Waals surface area contributed by atoms with Crippen LogP contribution in [0.25, 0.3) is 0 Å². The number of carbonyl (C=O) groups excluding carboxylic acids is 2. The van der Waals surface area contributed by atoms with Crippen LogP contribution in [0.4, 0.5) is 0 Å². The zero-order chi connectivity index (χ0) is 23.3. The molecular weight excluding hydrogens is 472 g/mol. The highest BCUT2D eigenvalue weighted by Gasteiger charge is 2.28. The average Bonchev–Trinajstić information content (AvgIpc) is 2.74. The van der Waals surface area contributed by atoms with Gasteiger partial charge in [0.25, 0.3) is 0 Å². The summed E-state index contributed by atoms with van der Waals surface area (Å²) < 4.78 is 12.1. The Morgan fingerprint density at radius 2 is 1.78 bits per heavy atom. The molecule has 0 saturated heterocycles. The molecule has 2 amide bonds. The van der Waals surface area contributed by atoms with E-state index in [9.17, 15) is 9.59 Å². The third-order valence-electron chi connectivity index (χ3n) is 5.14. The Morgan fingerprint density at radius 3 is 2.47 bits per heavy atom. The zero-order valence-corrected chi connectivity index (χ0v) is 20.7. The highest BCUT2D eigenvalue weighted by atomic mass is 79.9. The monoisotopic (exact) mass is 502 g/mol. The van der Waals surface area contributed by atoms with Crippen molar-refractivity contribution in [3.8, 4) is 11.5 Å². The van der Waals surface area contributed by atoms with Gasteiger partial charge in [0.05, 0.1) is 0 Å². The number of fused-ring (bicyclic) bond motifs is 1. The van der Waals surface area contributed by atoms with Crippen molar-refractivity contribution in [1.29, 1.82) is 0 Å². The van der Waals surface area contributed by atoms with Crippen molar-refractivity contribution >= 4 is 27.7 Å². The van der Waals surface area contributed by atoms with E-state index in [-0.39, 0.29) is 17.4 Å². The first-order valence-electron chi connectivity index (χ1n) is 10.9. The van der Waals surface area contributed by atoms with E-state index >= 15 is 0 Å². The van der Waals surface area contributed by atoms with Crippen molar-refractivity contribution in [3.63, 3.8) is 0 Å². The average molecular weight is 503 g/mol. The van der Waals surface area contributed by atoms with Crippen LogP contribution in [0.2, 0.25) is 0 Å². The summed E-state index contributed by atoms with van der Waals surface area (Å²) in [5.74, 6) is 1.21. The maximum absolute atomic E-state index is 13.3. The highest BCUT2D eigenvalue weighted by Crippen LogP contribution is 2.31. The summed E-state index contributed by atoms with van der Waals surface area (Å²) in [4.78, 5) is 27.8. The van der Waals surface area contributed by atoms with E-state index in [0.717, 1.165) is 21.3 Å². The van der Waals surface area contributed by atoms with E-state index in [1.54, 1.807) is 11.8 Å². The Kier molecular flexibility index (Phi) is 7.82. The number of nitrogens with zero attached hydrogens (tertiary/aromatic N) is 1. The molecule has 0 radical (unpaired) electrons. The first-order valence-corrected chi connectivity index (χ1v) is 11.7. The van der Waals surface area contributed by atoms with Crippen molar-refractivity contribution in [3.05, 3.63) is 58.1 Å². The fourth-order valence-corrected chi connectivity index (χ4v) is 3.97. The molecule has 2 aromatic carbocycles. The number of hydrogen-bond donors (Lipinski definition) is 1. The van der Waals surface area contributed by atoms with Crippen LogP contribution < -0.4 is 14.8 Å². The number of amides is 2. The van der Waals surface area contributed by atoms with Crippen molar-refractivity contribution in [2.24, 2.45) is 0 Å². The van der Waals surface area contributed by atoms with Gasteiger partial charge in [-0.05, 0) is 69.5 Å². The molecule has 172 valence electrons. The van der Waals surface area contributed by atoms with Gasteiger partial charge in [0.2, 0.25) is 11.8 Å². The summed E-state index contributed by atoms with van der Waals surface area (Å²) >= 11 is 3.48. The number of nitrogens with one attached hydrogen (secondary N) is 1. The molecule has 0 spiro atoms. The van der Waals surface area contributed by atoms with Gasteiger partial charge in [-0.15, -0.1) is 0 Å². The van der Waals surface area contributed by atoms with Crippen LogP contribution in [0.5, 0.6) is 11.5 Å². The first kappa shape index (κ1) is 24.1. The van der Waals surface area contributed by atoms with E-state index in [1.165, 1.54) is 0 Å². The predicted octanol–water partition coefficient (Wildman–Crippen LogP) is 4.48. The standard InChI is InChI=1S/C25H31BrN2O4/c1-17(24(30)27-25(2,3)4)28(16-19-6-5-7-20(26)14-19)23(29)11-9-18-8-10-21-22(15-18)32-13-12-31-21/h5-8,10,14-15,17H,9,11-13,16H2,1-4H3,(H,27,30). The molecule has 3 rings (SSSR count). The number of aryl methyl sites for hydroxylation is 1. The molecule has 0 fully saturated rings. The largest absolute Gasteiger partial charge is 0.486 e. The Balaban J connectivity index is 1.73. The van der Waals surface area contributed by atoms with Gasteiger partial charge in [0.15, 0.2) is 11.5 Å². The molecule has 1 heterocycles. The third-order valence-corrected chi connectivity index (χ3v) is 5.63. The molecule has 1 N–H and O–H groups in total. The number of hydrogen-bond acceptors (Lipinski definition) is 4. The van der Waals surface area contributed by atoms with E-state index in [0.29, 0.717) is 38.3 Å². The lowest BCUT2D eigenvalue weighted by Crippen LogP contribution is -2.52. The van der Waals surface area contributed by atoms with Crippen molar-refractivity contribution in [1.82, 2.24) is 10.2 Å². The quantitative estimate of drug-likeness (QED) is 0.605. The topological polar surface area (TPSA) is 67.9 Å². The molecule has 1 aliphatic rings. The lowest BCUT2D eigenvalue weighted by molar-refractivity contribution is -0.141. The Morgan fingerprint density at radius 1 is 1.06 bits per heavy atom. The Bertz CT molecular complexity index is 971. The summed E-state index contributed by atoms with van der Waals surface area (Å²) in [5.41, 5.74) is 1.58. The summed E-state index contributed by atoms with van der Waals surface area (Å²) in [7, 11) is 0. The fraction of sp³-hybridized carbons (Fsp3) is 0.440. The van der Waals surface area contributed by atoms with Crippen molar-refractivity contribution in [2.75, 3.05) is 13.2 Å². The van der Waals surface area contributed by atoms with Crippen LogP contribution in [0.1, 0.15) is 45.2 Å². The van der Waals surface area contributed by atoms with Gasteiger partial charge in [-0.2, -0.15) is 0 Å². The van der Waals surface area contributed by atoms with E-state index in [2.05, 4.69) is 21.2 Å². The molecule has 0 aliphatic carbocycles. The van der Waals surface area contributed by atoms with E-state index < -0.39 is 6.04 Å². The Hall–Kier alpha value is -2.54. The van der Waals surface area contributed by atoms with Crippen molar-refractivity contribution in [2.45, 2.75) is 58.7 Å². The fourth-order valence-electron chi connectivity index (χ4n) is 3.53. The van der Waals surface area contributed by atoms with Crippen LogP contribution in [-0.2, 0) is 22.6 Å². The summed E-state index contributed by atoms with van der Waals surface area (Å²) in [5, 5.41) is 2.99. The van der Waals surface area contributed by atoms with Crippen LogP contribution >= 0.6 is 15.9 Å². The summed E-state index contributed by atoms with van der Waals surface area (Å²) in [6, 6.07) is 13.0. The minimum Gasteiger partial charge on any atom is -0.486 e. The normalized spacial score (nSPS) is 13.9. The van der Waals surface area contributed by atoms with Gasteiger partial charge in [-0.3, -0.25) is 9.59 Å². The highest BCUT2D eigenvalue weighted by molar-refractivity contribution is 9.10. The predicted molar refractivity (Wildman–Crippen MR) is 128 cm³/mol. The van der Waals surface area contributed by atoms with Gasteiger partial charge in [0, 0.05) is 23.0 Å². The van der Waals surface area contributed by atoms with Crippen LogP contribution in [0, 0.1) is 0 Å². The molecule has 1 unspecified atom stereocenters. The van der Waals surface area contributed by atoms with Gasteiger partial charge in [-0.25, -0.2) is 0 Å². The minimum atomic E-state index is -0.596. The SMILES string of the molecule is CC(C(=O)NC(C)(C)C)N(Cc1cccc(Br)c1)C(=O)CCc1ccc2c(c1)OCCO2. The first-order chi connectivity index (χ1) is 15.1. The van der Waals surface area contributed by atoms with Gasteiger partial charge >= 0.3 is 0 Å². The van der Waals surface area contributed by atoms with Gasteiger partial charge in [-0.1, -0.05) is 34.1 Å². The maximum atomic E-state index is 13.3. The van der Waals surface area contributed by atoms with Crippen LogP contribution in [0.3, 0.4) is 0 Å². The molecular formula is C25H31BrN2O4. The number of halogens is 1. The third kappa shape index (κ3) is 6.73. The molecule has 0 saturated carbocycles. The molecule has 2 aromatic rings. The smallest absolute Gasteiger partial charge is 0.242 e. The Labute approximate surface area is 198 Å². The molecule has 0 bridgehead atoms.